The lowest BCUT2D eigenvalue weighted by Crippen LogP contribution is -2.43. The fourth-order valence-corrected chi connectivity index (χ4v) is 1.79. The van der Waals surface area contributed by atoms with E-state index in [4.69, 9.17) is 4.74 Å². The predicted molar refractivity (Wildman–Crippen MR) is 66.6 cm³/mol. The number of nitrogens with zero attached hydrogens (tertiary/aromatic N) is 1. The summed E-state index contributed by atoms with van der Waals surface area (Å²) in [5.74, 6) is -0.384. The molecule has 0 bridgehead atoms. The molecule has 2 unspecified atom stereocenters. The number of hydrogen-bond acceptors (Lipinski definition) is 4. The third-order valence-electron chi connectivity index (χ3n) is 2.73. The lowest BCUT2D eigenvalue weighted by molar-refractivity contribution is -0.149. The van der Waals surface area contributed by atoms with E-state index in [0.29, 0.717) is 19.6 Å². The van der Waals surface area contributed by atoms with Crippen molar-refractivity contribution in [1.82, 2.24) is 10.2 Å². The fraction of sp³-hybridized carbons (Fsp3) is 0.833. The van der Waals surface area contributed by atoms with Crippen molar-refractivity contribution in [1.29, 1.82) is 0 Å². The summed E-state index contributed by atoms with van der Waals surface area (Å²) in [4.78, 5) is 24.9. The molecule has 0 aliphatic rings. The minimum Gasteiger partial charge on any atom is -0.465 e. The first-order chi connectivity index (χ1) is 7.97. The van der Waals surface area contributed by atoms with Crippen molar-refractivity contribution in [3.63, 3.8) is 0 Å². The Morgan fingerprint density at radius 2 is 1.94 bits per heavy atom. The van der Waals surface area contributed by atoms with E-state index in [9.17, 15) is 9.59 Å². The van der Waals surface area contributed by atoms with Crippen molar-refractivity contribution in [2.45, 2.75) is 33.2 Å². The van der Waals surface area contributed by atoms with Gasteiger partial charge in [-0.2, -0.15) is 0 Å². The number of hydrogen-bond donors (Lipinski definition) is 1. The van der Waals surface area contributed by atoms with Gasteiger partial charge < -0.3 is 10.1 Å². The number of carbonyl (C=O) groups excluding carboxylic acids is 2. The lowest BCUT2D eigenvalue weighted by atomic mass is 10.1. The quantitative estimate of drug-likeness (QED) is 0.668. The highest BCUT2D eigenvalue weighted by atomic mass is 16.5. The minimum absolute atomic E-state index is 0.0180. The number of likely N-dealkylation sites (N-methyl/N-ethyl adjacent to an activating group) is 1. The fourth-order valence-electron chi connectivity index (χ4n) is 1.79. The van der Waals surface area contributed by atoms with E-state index in [2.05, 4.69) is 5.32 Å². The predicted octanol–water partition coefficient (Wildman–Crippen LogP) is 0.642. The van der Waals surface area contributed by atoms with Gasteiger partial charge in [-0.3, -0.25) is 14.5 Å². The van der Waals surface area contributed by atoms with Gasteiger partial charge in [0, 0.05) is 19.5 Å². The molecule has 0 saturated heterocycles. The second-order valence-electron chi connectivity index (χ2n) is 4.13. The van der Waals surface area contributed by atoms with Gasteiger partial charge in [0.25, 0.3) is 0 Å². The second kappa shape index (κ2) is 8.06. The summed E-state index contributed by atoms with van der Waals surface area (Å²) in [6.07, 6.45) is 0.676. The highest BCUT2D eigenvalue weighted by Gasteiger charge is 2.25. The molecule has 5 nitrogen and oxygen atoms in total. The number of nitrogens with one attached hydrogen (secondary N) is 1. The Kier molecular flexibility index (Phi) is 7.54. The van der Waals surface area contributed by atoms with Gasteiger partial charge in [0.05, 0.1) is 6.61 Å². The summed E-state index contributed by atoms with van der Waals surface area (Å²) in [6, 6.07) is -0.276. The Bertz CT molecular complexity index is 256. The first kappa shape index (κ1) is 15.9. The molecule has 1 amide bonds. The number of carbonyl (C=O) groups is 2. The molecule has 2 atom stereocenters. The van der Waals surface area contributed by atoms with Crippen molar-refractivity contribution < 1.29 is 14.3 Å². The van der Waals surface area contributed by atoms with Crippen LogP contribution in [0.1, 0.15) is 27.2 Å². The van der Waals surface area contributed by atoms with Gasteiger partial charge in [0.2, 0.25) is 5.91 Å². The van der Waals surface area contributed by atoms with Crippen LogP contribution in [0.25, 0.3) is 0 Å². The van der Waals surface area contributed by atoms with Crippen LogP contribution in [0.5, 0.6) is 0 Å². The largest absolute Gasteiger partial charge is 0.465 e. The molecule has 100 valence electrons. The molecule has 17 heavy (non-hydrogen) atoms. The van der Waals surface area contributed by atoms with Crippen molar-refractivity contribution in [3.05, 3.63) is 0 Å². The summed E-state index contributed by atoms with van der Waals surface area (Å²) in [5.41, 5.74) is 0. The summed E-state index contributed by atoms with van der Waals surface area (Å²) < 4.78 is 5.00. The topological polar surface area (TPSA) is 58.6 Å². The molecule has 0 saturated carbocycles. The molecule has 0 radical (unpaired) electrons. The average molecular weight is 244 g/mol. The molecule has 0 aromatic carbocycles. The van der Waals surface area contributed by atoms with Gasteiger partial charge >= 0.3 is 5.97 Å². The molecule has 0 rings (SSSR count). The van der Waals surface area contributed by atoms with E-state index in [1.165, 1.54) is 0 Å². The molecule has 0 aliphatic heterocycles. The van der Waals surface area contributed by atoms with E-state index in [-0.39, 0.29) is 23.8 Å². The van der Waals surface area contributed by atoms with Crippen molar-refractivity contribution >= 4 is 11.9 Å². The molecule has 1 N–H and O–H groups in total. The third kappa shape index (κ3) is 5.17. The first-order valence-corrected chi connectivity index (χ1v) is 6.06. The zero-order valence-electron chi connectivity index (χ0n) is 11.4. The average Bonchev–Trinajstić information content (AvgIpc) is 2.29. The number of rotatable bonds is 7. The molecule has 0 fully saturated rings. The van der Waals surface area contributed by atoms with Crippen LogP contribution >= 0.6 is 0 Å². The van der Waals surface area contributed by atoms with Gasteiger partial charge in [-0.15, -0.1) is 0 Å². The Balaban J connectivity index is 4.39. The molecule has 0 aromatic heterocycles. The van der Waals surface area contributed by atoms with Gasteiger partial charge in [-0.1, -0.05) is 13.8 Å². The van der Waals surface area contributed by atoms with E-state index < -0.39 is 0 Å². The monoisotopic (exact) mass is 244 g/mol. The van der Waals surface area contributed by atoms with E-state index in [1.54, 1.807) is 14.0 Å². The van der Waals surface area contributed by atoms with Crippen LogP contribution < -0.4 is 5.32 Å². The summed E-state index contributed by atoms with van der Waals surface area (Å²) >= 11 is 0. The van der Waals surface area contributed by atoms with Crippen LogP contribution in [0.3, 0.4) is 0 Å². The third-order valence-corrected chi connectivity index (χ3v) is 2.73. The van der Waals surface area contributed by atoms with Crippen molar-refractivity contribution in [3.8, 4) is 0 Å². The van der Waals surface area contributed by atoms with Crippen LogP contribution in [-0.4, -0.2) is 50.1 Å². The Morgan fingerprint density at radius 3 is 2.35 bits per heavy atom. The summed E-state index contributed by atoms with van der Waals surface area (Å²) in [6.45, 7) is 6.48. The lowest BCUT2D eigenvalue weighted by Gasteiger charge is -2.27. The maximum absolute atomic E-state index is 11.7. The Hall–Kier alpha value is -1.10. The normalized spacial score (nSPS) is 14.2. The Morgan fingerprint density at radius 1 is 1.35 bits per heavy atom. The van der Waals surface area contributed by atoms with E-state index in [0.717, 1.165) is 0 Å². The van der Waals surface area contributed by atoms with E-state index in [1.807, 2.05) is 25.8 Å². The van der Waals surface area contributed by atoms with Crippen LogP contribution in [-0.2, 0) is 14.3 Å². The van der Waals surface area contributed by atoms with Crippen LogP contribution in [0.15, 0.2) is 0 Å². The zero-order chi connectivity index (χ0) is 13.4. The smallest absolute Gasteiger partial charge is 0.323 e. The first-order valence-electron chi connectivity index (χ1n) is 6.06. The molecule has 5 heteroatoms. The molecule has 0 spiro atoms. The maximum Gasteiger partial charge on any atom is 0.323 e. The van der Waals surface area contributed by atoms with Gasteiger partial charge in [0.15, 0.2) is 0 Å². The van der Waals surface area contributed by atoms with Crippen LogP contribution in [0.4, 0.5) is 0 Å². The highest BCUT2D eigenvalue weighted by molar-refractivity contribution is 5.78. The molecule has 0 aliphatic carbocycles. The maximum atomic E-state index is 11.7. The van der Waals surface area contributed by atoms with Gasteiger partial charge in [0.1, 0.15) is 6.04 Å². The Labute approximate surface area is 103 Å². The van der Waals surface area contributed by atoms with Gasteiger partial charge in [-0.05, 0) is 20.4 Å². The molecular weight excluding hydrogens is 220 g/mol. The molecule has 0 aromatic rings. The summed E-state index contributed by atoms with van der Waals surface area (Å²) in [5, 5.41) is 2.60. The summed E-state index contributed by atoms with van der Waals surface area (Å²) in [7, 11) is 3.45. The molecule has 0 heterocycles. The SMILES string of the molecule is CCOC(=O)C(CC)N(C)CC(C)C(=O)NC. The number of amides is 1. The standard InChI is InChI=1S/C12H24N2O3/c1-6-10(12(16)17-7-2)14(5)8-9(3)11(15)13-4/h9-10H,6-8H2,1-5H3,(H,13,15). The van der Waals surface area contributed by atoms with Crippen molar-refractivity contribution in [2.24, 2.45) is 5.92 Å². The molecular formula is C12H24N2O3. The number of esters is 1. The van der Waals surface area contributed by atoms with Crippen LogP contribution in [0.2, 0.25) is 0 Å². The van der Waals surface area contributed by atoms with Gasteiger partial charge in [-0.25, -0.2) is 0 Å². The minimum atomic E-state index is -0.276. The second-order valence-corrected chi connectivity index (χ2v) is 4.13. The van der Waals surface area contributed by atoms with Crippen molar-refractivity contribution in [2.75, 3.05) is 27.2 Å². The number of ether oxygens (including phenoxy) is 1. The zero-order valence-corrected chi connectivity index (χ0v) is 11.4. The highest BCUT2D eigenvalue weighted by Crippen LogP contribution is 2.08. The van der Waals surface area contributed by atoms with E-state index >= 15 is 0 Å². The van der Waals surface area contributed by atoms with Crippen LogP contribution in [0, 0.1) is 5.92 Å².